The number of hydrogen-bond donors (Lipinski definition) is 1. The molecule has 1 N–H and O–H groups in total. The molecule has 2 heterocycles. The number of rotatable bonds is 6. The molecule has 2 saturated heterocycles. The zero-order chi connectivity index (χ0) is 24.9. The van der Waals surface area contributed by atoms with Crippen LogP contribution in [0.2, 0.25) is 0 Å². The summed E-state index contributed by atoms with van der Waals surface area (Å²) in [6.07, 6.45) is 4.52. The van der Waals surface area contributed by atoms with Crippen LogP contribution in [0.4, 0.5) is 0 Å². The second kappa shape index (κ2) is 10.7. The Labute approximate surface area is 205 Å². The van der Waals surface area contributed by atoms with Crippen molar-refractivity contribution in [3.63, 3.8) is 0 Å². The molecule has 182 valence electrons. The van der Waals surface area contributed by atoms with Crippen molar-refractivity contribution in [2.24, 2.45) is 5.92 Å². The van der Waals surface area contributed by atoms with Crippen molar-refractivity contribution in [1.29, 1.82) is 0 Å². The van der Waals surface area contributed by atoms with Crippen molar-refractivity contribution in [3.05, 3.63) is 77.9 Å². The predicted molar refractivity (Wildman–Crippen MR) is 133 cm³/mol. The summed E-state index contributed by atoms with van der Waals surface area (Å²) >= 11 is 0. The molecule has 4 amide bonds. The van der Waals surface area contributed by atoms with E-state index in [1.165, 1.54) is 11.0 Å². The molecule has 7 heteroatoms. The van der Waals surface area contributed by atoms with Crippen LogP contribution in [0.5, 0.6) is 0 Å². The van der Waals surface area contributed by atoms with Crippen LogP contribution in [0, 0.1) is 5.92 Å². The van der Waals surface area contributed by atoms with Crippen LogP contribution in [0.25, 0.3) is 6.08 Å². The molecule has 0 spiro atoms. The maximum absolute atomic E-state index is 13.8. The summed E-state index contributed by atoms with van der Waals surface area (Å²) in [5.41, 5.74) is 1.74. The van der Waals surface area contributed by atoms with E-state index in [1.807, 2.05) is 74.5 Å². The fraction of sp³-hybridized carbons (Fsp3) is 0.357. The van der Waals surface area contributed by atoms with E-state index in [0.717, 1.165) is 16.0 Å². The molecule has 2 aromatic carbocycles. The van der Waals surface area contributed by atoms with Crippen LogP contribution in [0.15, 0.2) is 66.7 Å². The third kappa shape index (κ3) is 5.34. The Balaban J connectivity index is 1.59. The Morgan fingerprint density at radius 2 is 1.69 bits per heavy atom. The van der Waals surface area contributed by atoms with Crippen molar-refractivity contribution in [3.8, 4) is 0 Å². The summed E-state index contributed by atoms with van der Waals surface area (Å²) < 4.78 is 0. The standard InChI is InChI=1S/C28H31N3O4/c1-19(2)25-28(35)31(23(26(33)29-25)18-21-12-7-4-8-13-21)27(34)22-14-9-17-30(22)24(32)16-15-20-10-5-3-6-11-20/h3-8,10-13,15-16,19,22-23,25H,9,14,17-18H2,1-2H3,(H,29,33)/t22-,23+,25-/m0/s1. The number of hydrogen-bond acceptors (Lipinski definition) is 4. The molecule has 35 heavy (non-hydrogen) atoms. The average Bonchev–Trinajstić information content (AvgIpc) is 3.36. The summed E-state index contributed by atoms with van der Waals surface area (Å²) in [6, 6.07) is 16.3. The molecule has 2 aromatic rings. The first-order valence-electron chi connectivity index (χ1n) is 12.1. The lowest BCUT2D eigenvalue weighted by atomic mass is 9.94. The zero-order valence-corrected chi connectivity index (χ0v) is 20.1. The summed E-state index contributed by atoms with van der Waals surface area (Å²) in [4.78, 5) is 56.1. The molecule has 0 aliphatic carbocycles. The van der Waals surface area contributed by atoms with Crippen LogP contribution in [-0.4, -0.2) is 58.1 Å². The van der Waals surface area contributed by atoms with E-state index in [4.69, 9.17) is 0 Å². The van der Waals surface area contributed by atoms with Gasteiger partial charge in [0.2, 0.25) is 11.8 Å². The number of amides is 4. The largest absolute Gasteiger partial charge is 0.342 e. The van der Waals surface area contributed by atoms with Crippen molar-refractivity contribution in [1.82, 2.24) is 15.1 Å². The lowest BCUT2D eigenvalue weighted by molar-refractivity contribution is -0.162. The van der Waals surface area contributed by atoms with Crippen molar-refractivity contribution < 1.29 is 19.2 Å². The van der Waals surface area contributed by atoms with E-state index in [2.05, 4.69) is 5.32 Å². The van der Waals surface area contributed by atoms with Gasteiger partial charge in [0.15, 0.2) is 0 Å². The minimum absolute atomic E-state index is 0.172. The molecular weight excluding hydrogens is 442 g/mol. The normalized spacial score (nSPS) is 22.7. The molecule has 0 unspecified atom stereocenters. The van der Waals surface area contributed by atoms with Gasteiger partial charge in [-0.2, -0.15) is 0 Å². The van der Waals surface area contributed by atoms with Gasteiger partial charge < -0.3 is 10.2 Å². The van der Waals surface area contributed by atoms with Crippen molar-refractivity contribution in [2.75, 3.05) is 6.54 Å². The van der Waals surface area contributed by atoms with Gasteiger partial charge >= 0.3 is 0 Å². The summed E-state index contributed by atoms with van der Waals surface area (Å²) in [6.45, 7) is 4.10. The predicted octanol–water partition coefficient (Wildman–Crippen LogP) is 2.81. The molecule has 0 aromatic heterocycles. The number of nitrogens with one attached hydrogen (secondary N) is 1. The number of imide groups is 1. The Hall–Kier alpha value is -3.74. The summed E-state index contributed by atoms with van der Waals surface area (Å²) in [5.74, 6) is -1.69. The zero-order valence-electron chi connectivity index (χ0n) is 20.1. The third-order valence-corrected chi connectivity index (χ3v) is 6.63. The van der Waals surface area contributed by atoms with Crippen molar-refractivity contribution >= 4 is 29.7 Å². The Bertz CT molecular complexity index is 1110. The highest BCUT2D eigenvalue weighted by Crippen LogP contribution is 2.26. The molecule has 4 rings (SSSR count). The van der Waals surface area contributed by atoms with Gasteiger partial charge in [0.05, 0.1) is 0 Å². The topological polar surface area (TPSA) is 86.8 Å². The number of carbonyl (C=O) groups is 4. The van der Waals surface area contributed by atoms with Crippen LogP contribution in [-0.2, 0) is 25.6 Å². The van der Waals surface area contributed by atoms with Crippen molar-refractivity contribution in [2.45, 2.75) is 51.2 Å². The smallest absolute Gasteiger partial charge is 0.252 e. The number of nitrogens with zero attached hydrogens (tertiary/aromatic N) is 2. The van der Waals surface area contributed by atoms with Gasteiger partial charge in [-0.25, -0.2) is 0 Å². The number of likely N-dealkylation sites (tertiary alicyclic amines) is 1. The quantitative estimate of drug-likeness (QED) is 0.516. The molecule has 2 aliphatic heterocycles. The van der Waals surface area contributed by atoms with Gasteiger partial charge in [0, 0.05) is 19.0 Å². The SMILES string of the molecule is CC(C)[C@@H]1NC(=O)[C@@H](Cc2ccccc2)N(C(=O)[C@@H]2CCCN2C(=O)C=Cc2ccccc2)C1=O. The minimum Gasteiger partial charge on any atom is -0.342 e. The molecule has 2 fully saturated rings. The molecule has 0 radical (unpaired) electrons. The summed E-state index contributed by atoms with van der Waals surface area (Å²) in [7, 11) is 0. The fourth-order valence-electron chi connectivity index (χ4n) is 4.74. The number of piperazine rings is 1. The molecule has 0 saturated carbocycles. The van der Waals surface area contributed by atoms with E-state index in [-0.39, 0.29) is 24.2 Å². The number of carbonyl (C=O) groups excluding carboxylic acids is 4. The maximum atomic E-state index is 13.8. The van der Waals surface area contributed by atoms with Crippen LogP contribution < -0.4 is 5.32 Å². The van der Waals surface area contributed by atoms with Crippen LogP contribution in [0.1, 0.15) is 37.8 Å². The first-order valence-corrected chi connectivity index (χ1v) is 12.1. The highest BCUT2D eigenvalue weighted by molar-refractivity contribution is 6.09. The van der Waals surface area contributed by atoms with Crippen LogP contribution >= 0.6 is 0 Å². The maximum Gasteiger partial charge on any atom is 0.252 e. The molecule has 2 aliphatic rings. The van der Waals surface area contributed by atoms with E-state index >= 15 is 0 Å². The monoisotopic (exact) mass is 473 g/mol. The molecule has 0 bridgehead atoms. The minimum atomic E-state index is -0.954. The van der Waals surface area contributed by atoms with Crippen LogP contribution in [0.3, 0.4) is 0 Å². The van der Waals surface area contributed by atoms with Gasteiger partial charge in [-0.15, -0.1) is 0 Å². The third-order valence-electron chi connectivity index (χ3n) is 6.63. The van der Waals surface area contributed by atoms with E-state index in [1.54, 1.807) is 6.08 Å². The Morgan fingerprint density at radius 3 is 2.34 bits per heavy atom. The molecule has 3 atom stereocenters. The first kappa shape index (κ1) is 24.4. The van der Waals surface area contributed by atoms with Gasteiger partial charge in [-0.3, -0.25) is 24.1 Å². The Kier molecular flexibility index (Phi) is 7.44. The van der Waals surface area contributed by atoms with Gasteiger partial charge in [-0.05, 0) is 36.0 Å². The first-order chi connectivity index (χ1) is 16.9. The lowest BCUT2D eigenvalue weighted by Gasteiger charge is -2.41. The van der Waals surface area contributed by atoms with E-state index < -0.39 is 29.9 Å². The van der Waals surface area contributed by atoms with Gasteiger partial charge in [0.25, 0.3) is 11.8 Å². The van der Waals surface area contributed by atoms with Gasteiger partial charge in [-0.1, -0.05) is 74.5 Å². The Morgan fingerprint density at radius 1 is 1.03 bits per heavy atom. The fourth-order valence-corrected chi connectivity index (χ4v) is 4.74. The number of benzene rings is 2. The molecular formula is C28H31N3O4. The average molecular weight is 474 g/mol. The van der Waals surface area contributed by atoms with E-state index in [0.29, 0.717) is 19.4 Å². The summed E-state index contributed by atoms with van der Waals surface area (Å²) in [5, 5.41) is 2.81. The van der Waals surface area contributed by atoms with Gasteiger partial charge in [0.1, 0.15) is 18.1 Å². The second-order valence-electron chi connectivity index (χ2n) is 9.42. The highest BCUT2D eigenvalue weighted by Gasteiger charge is 2.48. The second-order valence-corrected chi connectivity index (χ2v) is 9.42. The molecule has 7 nitrogen and oxygen atoms in total. The van der Waals surface area contributed by atoms with E-state index in [9.17, 15) is 19.2 Å². The highest BCUT2D eigenvalue weighted by atomic mass is 16.2. The lowest BCUT2D eigenvalue weighted by Crippen LogP contribution is -2.68.